The van der Waals surface area contributed by atoms with E-state index in [9.17, 15) is 0 Å². The zero-order chi connectivity index (χ0) is 23.3. The number of anilines is 3. The number of rotatable bonds is 4. The number of aromatic nitrogens is 6. The third-order valence-corrected chi connectivity index (χ3v) is 6.28. The standard InChI is InChI=1S/C24H30N8O/c1-14-7-8-17(24(3,4)5)11-18(14)26-21-19-20(25-13-31(19)6)27-23(28-21)32-10-9-16(12-32)22-30-29-15(2)33-22/h7-8,11,13,16H,9-10,12H2,1-6H3,(H,26,27,28)/t16-/m1/s1. The highest BCUT2D eigenvalue weighted by Crippen LogP contribution is 2.33. The van der Waals surface area contributed by atoms with Gasteiger partial charge in [0.25, 0.3) is 0 Å². The number of fused-ring (bicyclic) bond motifs is 1. The molecule has 0 spiro atoms. The molecule has 33 heavy (non-hydrogen) atoms. The van der Waals surface area contributed by atoms with E-state index in [0.717, 1.165) is 42.1 Å². The molecule has 0 saturated carbocycles. The van der Waals surface area contributed by atoms with Crippen LogP contribution in [0, 0.1) is 13.8 Å². The minimum atomic E-state index is 0.0560. The predicted molar refractivity (Wildman–Crippen MR) is 128 cm³/mol. The largest absolute Gasteiger partial charge is 0.425 e. The van der Waals surface area contributed by atoms with Crippen LogP contribution >= 0.6 is 0 Å². The normalized spacial score (nSPS) is 16.7. The summed E-state index contributed by atoms with van der Waals surface area (Å²) >= 11 is 0. The van der Waals surface area contributed by atoms with Gasteiger partial charge < -0.3 is 19.2 Å². The van der Waals surface area contributed by atoms with Crippen molar-refractivity contribution in [3.8, 4) is 0 Å². The summed E-state index contributed by atoms with van der Waals surface area (Å²) in [6, 6.07) is 6.56. The molecule has 4 heterocycles. The van der Waals surface area contributed by atoms with Gasteiger partial charge in [-0.05, 0) is 36.0 Å². The second-order valence-electron chi connectivity index (χ2n) is 9.90. The lowest BCUT2D eigenvalue weighted by Crippen LogP contribution is -2.22. The lowest BCUT2D eigenvalue weighted by Gasteiger charge is -2.22. The highest BCUT2D eigenvalue weighted by atomic mass is 16.4. The average Bonchev–Trinajstić information content (AvgIpc) is 3.49. The van der Waals surface area contributed by atoms with Gasteiger partial charge in [-0.15, -0.1) is 10.2 Å². The van der Waals surface area contributed by atoms with E-state index in [1.54, 1.807) is 6.33 Å². The maximum absolute atomic E-state index is 5.66. The number of nitrogens with one attached hydrogen (secondary N) is 1. The summed E-state index contributed by atoms with van der Waals surface area (Å²) < 4.78 is 7.62. The Morgan fingerprint density at radius 2 is 1.94 bits per heavy atom. The van der Waals surface area contributed by atoms with Gasteiger partial charge in [0.05, 0.1) is 12.2 Å². The zero-order valence-corrected chi connectivity index (χ0v) is 20.0. The third-order valence-electron chi connectivity index (χ3n) is 6.28. The van der Waals surface area contributed by atoms with Gasteiger partial charge in [-0.2, -0.15) is 9.97 Å². The lowest BCUT2D eigenvalue weighted by molar-refractivity contribution is 0.438. The molecular weight excluding hydrogens is 416 g/mol. The Morgan fingerprint density at radius 1 is 1.12 bits per heavy atom. The summed E-state index contributed by atoms with van der Waals surface area (Å²) in [7, 11) is 1.96. The summed E-state index contributed by atoms with van der Waals surface area (Å²) in [6.45, 7) is 12.1. The van der Waals surface area contributed by atoms with Gasteiger partial charge in [-0.3, -0.25) is 0 Å². The summed E-state index contributed by atoms with van der Waals surface area (Å²) in [6.07, 6.45) is 2.70. The third kappa shape index (κ3) is 4.03. The SMILES string of the molecule is Cc1nnc([C@@H]2CCN(c3nc(Nc4cc(C(C)(C)C)ccc4C)c4c(ncn4C)n3)C2)o1. The van der Waals surface area contributed by atoms with Crippen molar-refractivity contribution in [2.45, 2.75) is 52.4 Å². The van der Waals surface area contributed by atoms with Crippen molar-refractivity contribution in [3.05, 3.63) is 47.4 Å². The molecule has 9 heteroatoms. The molecule has 1 N–H and O–H groups in total. The number of hydrogen-bond donors (Lipinski definition) is 1. The molecule has 1 aromatic carbocycles. The van der Waals surface area contributed by atoms with Crippen molar-refractivity contribution in [3.63, 3.8) is 0 Å². The van der Waals surface area contributed by atoms with Crippen molar-refractivity contribution < 1.29 is 4.42 Å². The van der Waals surface area contributed by atoms with E-state index in [0.29, 0.717) is 23.4 Å². The maximum atomic E-state index is 5.66. The first kappa shape index (κ1) is 21.4. The van der Waals surface area contributed by atoms with Gasteiger partial charge in [0, 0.05) is 32.7 Å². The summed E-state index contributed by atoms with van der Waals surface area (Å²) in [4.78, 5) is 16.4. The minimum absolute atomic E-state index is 0.0560. The molecule has 0 amide bonds. The Labute approximate surface area is 193 Å². The highest BCUT2D eigenvalue weighted by Gasteiger charge is 2.30. The molecule has 172 valence electrons. The second kappa shape index (κ2) is 7.83. The Kier molecular flexibility index (Phi) is 5.07. The summed E-state index contributed by atoms with van der Waals surface area (Å²) in [5, 5.41) is 11.8. The Balaban J connectivity index is 1.50. The first-order chi connectivity index (χ1) is 15.7. The fourth-order valence-corrected chi connectivity index (χ4v) is 4.24. The summed E-state index contributed by atoms with van der Waals surface area (Å²) in [5.41, 5.74) is 5.07. The van der Waals surface area contributed by atoms with E-state index in [4.69, 9.17) is 14.4 Å². The molecule has 0 bridgehead atoms. The predicted octanol–water partition coefficient (Wildman–Crippen LogP) is 4.40. The van der Waals surface area contributed by atoms with Crippen LogP contribution in [0.2, 0.25) is 0 Å². The van der Waals surface area contributed by atoms with Crippen LogP contribution in [0.1, 0.15) is 56.0 Å². The van der Waals surface area contributed by atoms with Crippen LogP contribution in [-0.4, -0.2) is 42.8 Å². The van der Waals surface area contributed by atoms with E-state index >= 15 is 0 Å². The number of benzene rings is 1. The van der Waals surface area contributed by atoms with Gasteiger partial charge in [-0.1, -0.05) is 32.9 Å². The van der Waals surface area contributed by atoms with Crippen LogP contribution in [0.4, 0.5) is 17.5 Å². The zero-order valence-electron chi connectivity index (χ0n) is 20.0. The number of aryl methyl sites for hydroxylation is 3. The van der Waals surface area contributed by atoms with Crippen LogP contribution < -0.4 is 10.2 Å². The lowest BCUT2D eigenvalue weighted by atomic mass is 9.86. The van der Waals surface area contributed by atoms with Crippen LogP contribution in [-0.2, 0) is 12.5 Å². The first-order valence-corrected chi connectivity index (χ1v) is 11.3. The fourth-order valence-electron chi connectivity index (χ4n) is 4.24. The monoisotopic (exact) mass is 446 g/mol. The number of nitrogens with zero attached hydrogens (tertiary/aromatic N) is 7. The van der Waals surface area contributed by atoms with Gasteiger partial charge in [0.15, 0.2) is 11.5 Å². The van der Waals surface area contributed by atoms with Crippen LogP contribution in [0.5, 0.6) is 0 Å². The van der Waals surface area contributed by atoms with Crippen molar-refractivity contribution in [1.29, 1.82) is 0 Å². The van der Waals surface area contributed by atoms with Crippen LogP contribution in [0.3, 0.4) is 0 Å². The smallest absolute Gasteiger partial charge is 0.229 e. The molecule has 0 aliphatic carbocycles. The van der Waals surface area contributed by atoms with Crippen molar-refractivity contribution in [2.24, 2.45) is 7.05 Å². The summed E-state index contributed by atoms with van der Waals surface area (Å²) in [5.74, 6) is 2.86. The first-order valence-electron chi connectivity index (χ1n) is 11.3. The van der Waals surface area contributed by atoms with Crippen LogP contribution in [0.15, 0.2) is 28.9 Å². The molecule has 5 rings (SSSR count). The quantitative estimate of drug-likeness (QED) is 0.493. The molecule has 1 aliphatic rings. The Bertz CT molecular complexity index is 1320. The molecule has 1 fully saturated rings. The van der Waals surface area contributed by atoms with Crippen LogP contribution in [0.25, 0.3) is 11.2 Å². The molecule has 0 radical (unpaired) electrons. The second-order valence-corrected chi connectivity index (χ2v) is 9.90. The Morgan fingerprint density at radius 3 is 2.67 bits per heavy atom. The van der Waals surface area contributed by atoms with E-state index in [1.807, 2.05) is 18.5 Å². The maximum Gasteiger partial charge on any atom is 0.229 e. The molecule has 4 aromatic rings. The van der Waals surface area contributed by atoms with Gasteiger partial charge >= 0.3 is 0 Å². The van der Waals surface area contributed by atoms with E-state index < -0.39 is 0 Å². The van der Waals surface area contributed by atoms with E-state index in [2.05, 4.69) is 71.3 Å². The topological polar surface area (TPSA) is 97.8 Å². The van der Waals surface area contributed by atoms with Gasteiger partial charge in [0.1, 0.15) is 5.52 Å². The van der Waals surface area contributed by atoms with Crippen molar-refractivity contribution in [2.75, 3.05) is 23.3 Å². The Hall–Kier alpha value is -3.49. The minimum Gasteiger partial charge on any atom is -0.425 e. The average molecular weight is 447 g/mol. The van der Waals surface area contributed by atoms with Gasteiger partial charge in [-0.25, -0.2) is 4.98 Å². The van der Waals surface area contributed by atoms with Gasteiger partial charge in [0.2, 0.25) is 17.7 Å². The fraction of sp³-hybridized carbons (Fsp3) is 0.458. The highest BCUT2D eigenvalue weighted by molar-refractivity contribution is 5.87. The van der Waals surface area contributed by atoms with E-state index in [-0.39, 0.29) is 11.3 Å². The number of imidazole rings is 1. The molecule has 1 atom stereocenters. The molecule has 1 saturated heterocycles. The number of hydrogen-bond acceptors (Lipinski definition) is 8. The van der Waals surface area contributed by atoms with E-state index in [1.165, 1.54) is 5.56 Å². The van der Waals surface area contributed by atoms with Crippen molar-refractivity contribution in [1.82, 2.24) is 29.7 Å². The molecular formula is C24H30N8O. The van der Waals surface area contributed by atoms with Crippen molar-refractivity contribution >= 4 is 28.6 Å². The molecule has 1 aliphatic heterocycles. The molecule has 3 aromatic heterocycles. The molecule has 9 nitrogen and oxygen atoms in total. The molecule has 0 unspecified atom stereocenters.